The zero-order valence-corrected chi connectivity index (χ0v) is 16.8. The predicted molar refractivity (Wildman–Crippen MR) is 109 cm³/mol. The van der Waals surface area contributed by atoms with Gasteiger partial charge < -0.3 is 15.5 Å². The van der Waals surface area contributed by atoms with Crippen LogP contribution in [0.1, 0.15) is 25.1 Å². The molecule has 0 aliphatic carbocycles. The first-order chi connectivity index (χ1) is 14.3. The first kappa shape index (κ1) is 19.6. The highest BCUT2D eigenvalue weighted by Crippen LogP contribution is 2.24. The summed E-state index contributed by atoms with van der Waals surface area (Å²) in [6.07, 6.45) is 0.355. The Balaban J connectivity index is 1.77. The van der Waals surface area contributed by atoms with E-state index in [-0.39, 0.29) is 22.5 Å². The van der Waals surface area contributed by atoms with Crippen LogP contribution >= 0.6 is 11.6 Å². The molecule has 0 saturated carbocycles. The highest BCUT2D eigenvalue weighted by molar-refractivity contribution is 6.31. The van der Waals surface area contributed by atoms with Gasteiger partial charge in [0.1, 0.15) is 11.2 Å². The summed E-state index contributed by atoms with van der Waals surface area (Å²) < 4.78 is 2.63. The van der Waals surface area contributed by atoms with Crippen LogP contribution in [-0.2, 0) is 4.79 Å². The largest absolute Gasteiger partial charge is 0.710 e. The van der Waals surface area contributed by atoms with Gasteiger partial charge in [0.2, 0.25) is 5.52 Å². The summed E-state index contributed by atoms with van der Waals surface area (Å²) in [5, 5.41) is 46.1. The Morgan fingerprint density at radius 1 is 1.23 bits per heavy atom. The smallest absolute Gasteiger partial charge is 0.352 e. The fourth-order valence-corrected chi connectivity index (χ4v) is 3.52. The summed E-state index contributed by atoms with van der Waals surface area (Å²) in [5.74, 6) is -0.936. The zero-order chi connectivity index (χ0) is 21.6. The van der Waals surface area contributed by atoms with Gasteiger partial charge in [-0.25, -0.2) is 19.5 Å². The molecule has 1 atom stereocenters. The Labute approximate surface area is 175 Å². The van der Waals surface area contributed by atoms with Crippen molar-refractivity contribution in [3.63, 3.8) is 0 Å². The summed E-state index contributed by atoms with van der Waals surface area (Å²) in [6.45, 7) is 3.28. The van der Waals surface area contributed by atoms with Crippen molar-refractivity contribution in [3.05, 3.63) is 57.5 Å². The van der Waals surface area contributed by atoms with Gasteiger partial charge in [0, 0.05) is 24.1 Å². The third kappa shape index (κ3) is 3.11. The molecular weight excluding hydrogens is 412 g/mol. The van der Waals surface area contributed by atoms with Gasteiger partial charge in [0.05, 0.1) is 5.52 Å². The van der Waals surface area contributed by atoms with Crippen molar-refractivity contribution in [3.8, 4) is 0 Å². The van der Waals surface area contributed by atoms with E-state index in [2.05, 4.69) is 15.6 Å². The first-order valence-corrected chi connectivity index (χ1v) is 9.49. The minimum Gasteiger partial charge on any atom is -0.710 e. The molecule has 1 unspecified atom stereocenters. The number of rotatable bonds is 5. The Morgan fingerprint density at radius 2 is 2.00 bits per heavy atom. The number of aliphatic carboxylic acids is 1. The van der Waals surface area contributed by atoms with Crippen LogP contribution in [-0.4, -0.2) is 26.1 Å². The summed E-state index contributed by atoms with van der Waals surface area (Å²) >= 11 is 5.94. The maximum absolute atomic E-state index is 12.8. The zero-order valence-electron chi connectivity index (χ0n) is 16.0. The molecule has 0 spiro atoms. The number of carbonyl (C=O) groups is 1. The fraction of sp³-hybridized carbons (Fsp3) is 0.211. The molecule has 0 saturated heterocycles. The predicted octanol–water partition coefficient (Wildman–Crippen LogP) is 2.59. The maximum Gasteiger partial charge on any atom is 0.352 e. The second kappa shape index (κ2) is 7.30. The van der Waals surface area contributed by atoms with E-state index in [1.54, 1.807) is 25.1 Å². The maximum atomic E-state index is 12.8. The molecule has 2 N–H and O–H groups in total. The minimum absolute atomic E-state index is 0.0588. The number of benzene rings is 2. The number of hydrogen-bond acceptors (Lipinski definition) is 6. The SMILES string of the molecule is CCC(C(=O)O)n1nnc2cc(Nc3c(C)[n+]([O-])c4cc(Cl)ccc4[n+]3[O-])ccc21. The van der Waals surface area contributed by atoms with E-state index in [0.29, 0.717) is 37.6 Å². The standard InChI is InChI=1S/C19H17ClN6O4/c1-3-14(19(27)28)24-15-7-5-12(9-13(15)22-23-24)21-18-10(2)25(29)17-8-11(20)4-6-16(17)26(18)30/h4-9,14,21H,3H2,1-2H3,(H,27,28). The van der Waals surface area contributed by atoms with Gasteiger partial charge in [0.15, 0.2) is 6.04 Å². The molecule has 4 aromatic rings. The lowest BCUT2D eigenvalue weighted by Gasteiger charge is -2.14. The average Bonchev–Trinajstić information content (AvgIpc) is 3.13. The third-order valence-corrected chi connectivity index (χ3v) is 5.16. The summed E-state index contributed by atoms with van der Waals surface area (Å²) in [5.41, 5.74) is 2.00. The number of anilines is 2. The van der Waals surface area contributed by atoms with E-state index in [1.807, 2.05) is 0 Å². The van der Waals surface area contributed by atoms with Gasteiger partial charge in [-0.05, 0) is 30.7 Å². The van der Waals surface area contributed by atoms with Crippen LogP contribution < -0.4 is 14.8 Å². The number of nitrogens with one attached hydrogen (secondary N) is 1. The second-order valence-corrected chi connectivity index (χ2v) is 7.22. The van der Waals surface area contributed by atoms with Crippen LogP contribution in [0.2, 0.25) is 5.02 Å². The lowest BCUT2D eigenvalue weighted by atomic mass is 10.2. The van der Waals surface area contributed by atoms with Crippen molar-refractivity contribution in [2.75, 3.05) is 5.32 Å². The number of halogens is 1. The number of carboxylic acid groups (broad SMARTS) is 1. The quantitative estimate of drug-likeness (QED) is 0.368. The van der Waals surface area contributed by atoms with Crippen LogP contribution in [0, 0.1) is 17.3 Å². The van der Waals surface area contributed by atoms with Crippen molar-refractivity contribution in [2.45, 2.75) is 26.3 Å². The Bertz CT molecular complexity index is 1310. The van der Waals surface area contributed by atoms with Crippen LogP contribution in [0.15, 0.2) is 36.4 Å². The highest BCUT2D eigenvalue weighted by atomic mass is 35.5. The second-order valence-electron chi connectivity index (χ2n) is 6.78. The van der Waals surface area contributed by atoms with Crippen LogP contribution in [0.4, 0.5) is 11.5 Å². The first-order valence-electron chi connectivity index (χ1n) is 9.11. The van der Waals surface area contributed by atoms with Crippen LogP contribution in [0.3, 0.4) is 0 Å². The number of fused-ring (bicyclic) bond motifs is 2. The minimum atomic E-state index is -0.995. The number of hydrogen-bond donors (Lipinski definition) is 2. The van der Waals surface area contributed by atoms with Crippen molar-refractivity contribution in [1.29, 1.82) is 0 Å². The van der Waals surface area contributed by atoms with E-state index in [9.17, 15) is 20.3 Å². The lowest BCUT2D eigenvalue weighted by Crippen LogP contribution is -2.43. The van der Waals surface area contributed by atoms with Crippen molar-refractivity contribution >= 4 is 51.1 Å². The van der Waals surface area contributed by atoms with Gasteiger partial charge in [-0.2, -0.15) is 4.73 Å². The molecule has 30 heavy (non-hydrogen) atoms. The molecule has 11 heteroatoms. The summed E-state index contributed by atoms with van der Waals surface area (Å²) in [6, 6.07) is 8.59. The molecule has 0 aliphatic rings. The van der Waals surface area contributed by atoms with Crippen molar-refractivity contribution < 1.29 is 19.4 Å². The fourth-order valence-electron chi connectivity index (χ4n) is 3.36. The van der Waals surface area contributed by atoms with Gasteiger partial charge in [-0.1, -0.05) is 23.7 Å². The molecule has 0 fully saturated rings. The average molecular weight is 429 g/mol. The van der Waals surface area contributed by atoms with E-state index in [4.69, 9.17) is 11.6 Å². The van der Waals surface area contributed by atoms with Crippen LogP contribution in [0.5, 0.6) is 0 Å². The third-order valence-electron chi connectivity index (χ3n) is 4.93. The van der Waals surface area contributed by atoms with Crippen molar-refractivity contribution in [2.24, 2.45) is 0 Å². The topological polar surface area (TPSA) is 134 Å². The Kier molecular flexibility index (Phi) is 4.78. The van der Waals surface area contributed by atoms with Gasteiger partial charge in [-0.3, -0.25) is 0 Å². The summed E-state index contributed by atoms with van der Waals surface area (Å²) in [4.78, 5) is 11.4. The number of aromatic nitrogens is 5. The van der Waals surface area contributed by atoms with E-state index >= 15 is 0 Å². The Morgan fingerprint density at radius 3 is 2.70 bits per heavy atom. The highest BCUT2D eigenvalue weighted by Gasteiger charge is 2.25. The molecule has 2 aromatic carbocycles. The molecular formula is C19H17ClN6O4. The molecule has 0 bridgehead atoms. The molecule has 2 aromatic heterocycles. The van der Waals surface area contributed by atoms with Crippen molar-refractivity contribution in [1.82, 2.24) is 15.0 Å². The van der Waals surface area contributed by atoms with Crippen LogP contribution in [0.25, 0.3) is 22.1 Å². The molecule has 4 rings (SSSR count). The van der Waals surface area contributed by atoms with Gasteiger partial charge >= 0.3 is 11.8 Å². The molecule has 0 radical (unpaired) electrons. The number of nitrogens with zero attached hydrogens (tertiary/aromatic N) is 5. The van der Waals surface area contributed by atoms with E-state index in [0.717, 1.165) is 0 Å². The molecule has 154 valence electrons. The molecule has 10 nitrogen and oxygen atoms in total. The molecule has 0 aliphatic heterocycles. The number of carboxylic acids is 1. The Hall–Kier alpha value is -3.66. The van der Waals surface area contributed by atoms with Gasteiger partial charge in [0.25, 0.3) is 11.2 Å². The summed E-state index contributed by atoms with van der Waals surface area (Å²) in [7, 11) is 0. The van der Waals surface area contributed by atoms with E-state index < -0.39 is 12.0 Å². The molecule has 0 amide bonds. The molecule has 2 heterocycles. The normalized spacial score (nSPS) is 12.4. The van der Waals surface area contributed by atoms with E-state index in [1.165, 1.54) is 29.8 Å². The monoisotopic (exact) mass is 428 g/mol. The van der Waals surface area contributed by atoms with Gasteiger partial charge in [-0.15, -0.1) is 5.10 Å². The lowest BCUT2D eigenvalue weighted by molar-refractivity contribution is -0.623.